The molecule has 7 heteroatoms. The number of urea groups is 1. The number of anilines is 1. The Labute approximate surface area is 157 Å². The fraction of sp³-hybridized carbons (Fsp3) is 0.250. The van der Waals surface area contributed by atoms with Gasteiger partial charge in [-0.05, 0) is 50.6 Å². The summed E-state index contributed by atoms with van der Waals surface area (Å²) in [5, 5.41) is 9.55. The summed E-state index contributed by atoms with van der Waals surface area (Å²) >= 11 is 0. The van der Waals surface area contributed by atoms with Crippen LogP contribution >= 0.6 is 0 Å². The molecule has 0 atom stereocenters. The Kier molecular flexibility index (Phi) is 5.71. The number of rotatable bonds is 6. The van der Waals surface area contributed by atoms with Gasteiger partial charge >= 0.3 is 6.03 Å². The molecule has 0 aliphatic carbocycles. The van der Waals surface area contributed by atoms with Crippen LogP contribution in [-0.2, 0) is 6.61 Å². The van der Waals surface area contributed by atoms with Crippen LogP contribution in [0.2, 0.25) is 0 Å². The van der Waals surface area contributed by atoms with Crippen molar-refractivity contribution >= 4 is 11.7 Å². The van der Waals surface area contributed by atoms with Crippen LogP contribution in [0.15, 0.2) is 53.1 Å². The van der Waals surface area contributed by atoms with Crippen molar-refractivity contribution in [1.82, 2.24) is 15.5 Å². The van der Waals surface area contributed by atoms with Gasteiger partial charge in [-0.25, -0.2) is 4.79 Å². The molecule has 1 aromatic heterocycles. The Balaban J connectivity index is 1.65. The third-order valence-electron chi connectivity index (χ3n) is 3.62. The number of ether oxygens (including phenoxy) is 1. The topological polar surface area (TPSA) is 89.3 Å². The number of benzene rings is 2. The number of hydrogen-bond acceptors (Lipinski definition) is 5. The van der Waals surface area contributed by atoms with Gasteiger partial charge in [-0.2, -0.15) is 4.98 Å². The molecule has 0 saturated carbocycles. The van der Waals surface area contributed by atoms with E-state index in [1.165, 1.54) is 0 Å². The van der Waals surface area contributed by atoms with Gasteiger partial charge in [-0.1, -0.05) is 29.4 Å². The van der Waals surface area contributed by atoms with Crippen molar-refractivity contribution in [1.29, 1.82) is 0 Å². The van der Waals surface area contributed by atoms with Crippen molar-refractivity contribution in [3.05, 3.63) is 60.0 Å². The fourth-order valence-electron chi connectivity index (χ4n) is 2.45. The summed E-state index contributed by atoms with van der Waals surface area (Å²) in [7, 11) is 0. The minimum Gasteiger partial charge on any atom is -0.484 e. The summed E-state index contributed by atoms with van der Waals surface area (Å²) in [5.74, 6) is 1.56. The number of nitrogens with zero attached hydrogens (tertiary/aromatic N) is 2. The normalized spacial score (nSPS) is 10.7. The van der Waals surface area contributed by atoms with Crippen molar-refractivity contribution in [3.63, 3.8) is 0 Å². The Bertz CT molecular complexity index is 921. The van der Waals surface area contributed by atoms with Crippen LogP contribution in [0.25, 0.3) is 11.4 Å². The van der Waals surface area contributed by atoms with Crippen molar-refractivity contribution in [3.8, 4) is 17.1 Å². The lowest BCUT2D eigenvalue weighted by atomic mass is 10.2. The van der Waals surface area contributed by atoms with Gasteiger partial charge in [0.05, 0.1) is 0 Å². The Morgan fingerprint density at radius 3 is 2.78 bits per heavy atom. The number of carbonyl (C=O) groups excluding carboxylic acids is 1. The number of carbonyl (C=O) groups is 1. The first-order valence-electron chi connectivity index (χ1n) is 8.69. The molecule has 0 aliphatic rings. The van der Waals surface area contributed by atoms with E-state index in [2.05, 4.69) is 20.8 Å². The molecular formula is C20H22N4O3. The first kappa shape index (κ1) is 18.4. The lowest BCUT2D eigenvalue weighted by molar-refractivity contribution is 0.243. The molecule has 0 bridgehead atoms. The van der Waals surface area contributed by atoms with Gasteiger partial charge in [0.1, 0.15) is 5.75 Å². The van der Waals surface area contributed by atoms with Crippen LogP contribution in [0.4, 0.5) is 10.5 Å². The van der Waals surface area contributed by atoms with E-state index in [1.807, 2.05) is 57.2 Å². The summed E-state index contributed by atoms with van der Waals surface area (Å²) in [6.45, 7) is 5.98. The van der Waals surface area contributed by atoms with E-state index in [0.717, 1.165) is 16.9 Å². The number of aryl methyl sites for hydroxylation is 1. The van der Waals surface area contributed by atoms with Gasteiger partial charge < -0.3 is 19.9 Å². The third-order valence-corrected chi connectivity index (χ3v) is 3.62. The van der Waals surface area contributed by atoms with E-state index in [9.17, 15) is 4.79 Å². The predicted octanol–water partition coefficient (Wildman–Crippen LogP) is 4.15. The molecule has 3 rings (SSSR count). The smallest absolute Gasteiger partial charge is 0.319 e. The van der Waals surface area contributed by atoms with Gasteiger partial charge in [0.2, 0.25) is 5.82 Å². The van der Waals surface area contributed by atoms with Crippen molar-refractivity contribution in [2.45, 2.75) is 33.4 Å². The Hall–Kier alpha value is -3.35. The predicted molar refractivity (Wildman–Crippen MR) is 103 cm³/mol. The van der Waals surface area contributed by atoms with Crippen LogP contribution in [0.1, 0.15) is 25.3 Å². The standard InChI is InChI=1S/C20H22N4O3/c1-13(2)21-20(25)22-16-8-5-7-15(11-16)19-23-18(27-24-19)12-26-17-9-4-6-14(3)10-17/h4-11,13H,12H2,1-3H3,(H2,21,22,25). The summed E-state index contributed by atoms with van der Waals surface area (Å²) < 4.78 is 10.9. The molecule has 1 heterocycles. The highest BCUT2D eigenvalue weighted by Gasteiger charge is 2.11. The maximum absolute atomic E-state index is 11.8. The monoisotopic (exact) mass is 366 g/mol. The molecule has 0 fully saturated rings. The van der Waals surface area contributed by atoms with E-state index >= 15 is 0 Å². The molecule has 0 aliphatic heterocycles. The SMILES string of the molecule is Cc1cccc(OCc2nc(-c3cccc(NC(=O)NC(C)C)c3)no2)c1. The van der Waals surface area contributed by atoms with E-state index in [-0.39, 0.29) is 18.7 Å². The summed E-state index contributed by atoms with van der Waals surface area (Å²) in [5.41, 5.74) is 2.50. The second-order valence-electron chi connectivity index (χ2n) is 6.45. The number of hydrogen-bond donors (Lipinski definition) is 2. The Morgan fingerprint density at radius 1 is 1.19 bits per heavy atom. The lowest BCUT2D eigenvalue weighted by Gasteiger charge is -2.10. The largest absolute Gasteiger partial charge is 0.484 e. The van der Waals surface area contributed by atoms with Gasteiger partial charge in [0, 0.05) is 17.3 Å². The lowest BCUT2D eigenvalue weighted by Crippen LogP contribution is -2.34. The third kappa shape index (κ3) is 5.31. The minimum absolute atomic E-state index is 0.0568. The maximum atomic E-state index is 11.8. The van der Waals surface area contributed by atoms with E-state index < -0.39 is 0 Å². The Morgan fingerprint density at radius 2 is 2.00 bits per heavy atom. The van der Waals surface area contributed by atoms with Crippen LogP contribution in [0.3, 0.4) is 0 Å². The van der Waals surface area contributed by atoms with E-state index in [0.29, 0.717) is 17.4 Å². The zero-order chi connectivity index (χ0) is 19.2. The molecule has 0 radical (unpaired) electrons. The van der Waals surface area contributed by atoms with Crippen LogP contribution < -0.4 is 15.4 Å². The minimum atomic E-state index is -0.262. The average Bonchev–Trinajstić information content (AvgIpc) is 3.08. The molecule has 27 heavy (non-hydrogen) atoms. The molecule has 3 aromatic rings. The van der Waals surface area contributed by atoms with Crippen LogP contribution in [-0.4, -0.2) is 22.2 Å². The summed E-state index contributed by atoms with van der Waals surface area (Å²) in [4.78, 5) is 16.2. The van der Waals surface area contributed by atoms with Gasteiger partial charge in [-0.3, -0.25) is 0 Å². The van der Waals surface area contributed by atoms with Gasteiger partial charge in [0.15, 0.2) is 6.61 Å². The molecule has 0 spiro atoms. The number of aromatic nitrogens is 2. The quantitative estimate of drug-likeness (QED) is 0.684. The first-order chi connectivity index (χ1) is 13.0. The van der Waals surface area contributed by atoms with Gasteiger partial charge in [-0.15, -0.1) is 0 Å². The summed E-state index contributed by atoms with van der Waals surface area (Å²) in [6.07, 6.45) is 0. The fourth-order valence-corrected chi connectivity index (χ4v) is 2.45. The average molecular weight is 366 g/mol. The first-order valence-corrected chi connectivity index (χ1v) is 8.69. The molecule has 2 aromatic carbocycles. The number of amides is 2. The number of nitrogens with one attached hydrogen (secondary N) is 2. The highest BCUT2D eigenvalue weighted by atomic mass is 16.5. The molecule has 2 amide bonds. The highest BCUT2D eigenvalue weighted by molar-refractivity contribution is 5.90. The molecule has 2 N–H and O–H groups in total. The second-order valence-corrected chi connectivity index (χ2v) is 6.45. The van der Waals surface area contributed by atoms with Crippen molar-refractivity contribution in [2.75, 3.05) is 5.32 Å². The van der Waals surface area contributed by atoms with Crippen LogP contribution in [0.5, 0.6) is 5.75 Å². The second kappa shape index (κ2) is 8.35. The molecular weight excluding hydrogens is 344 g/mol. The van der Waals surface area contributed by atoms with Crippen molar-refractivity contribution in [2.24, 2.45) is 0 Å². The van der Waals surface area contributed by atoms with Crippen LogP contribution in [0, 0.1) is 6.92 Å². The molecule has 140 valence electrons. The van der Waals surface area contributed by atoms with Crippen molar-refractivity contribution < 1.29 is 14.1 Å². The van der Waals surface area contributed by atoms with E-state index in [4.69, 9.17) is 9.26 Å². The molecule has 7 nitrogen and oxygen atoms in total. The van der Waals surface area contributed by atoms with Gasteiger partial charge in [0.25, 0.3) is 5.89 Å². The highest BCUT2D eigenvalue weighted by Crippen LogP contribution is 2.21. The molecule has 0 unspecified atom stereocenters. The zero-order valence-corrected chi connectivity index (χ0v) is 15.5. The maximum Gasteiger partial charge on any atom is 0.319 e. The zero-order valence-electron chi connectivity index (χ0n) is 15.5. The van der Waals surface area contributed by atoms with E-state index in [1.54, 1.807) is 12.1 Å². The summed E-state index contributed by atoms with van der Waals surface area (Å²) in [6, 6.07) is 14.8. The molecule has 0 saturated heterocycles.